The molecule has 2 rings (SSSR count). The van der Waals surface area contributed by atoms with Gasteiger partial charge in [-0.05, 0) is 36.0 Å². The van der Waals surface area contributed by atoms with Crippen LogP contribution in [0.4, 0.5) is 4.79 Å². The molecule has 31 heavy (non-hydrogen) atoms. The molecule has 0 aliphatic heterocycles. The molecule has 1 atom stereocenters. The van der Waals surface area contributed by atoms with Crippen molar-refractivity contribution in [2.45, 2.75) is 39.7 Å². The summed E-state index contributed by atoms with van der Waals surface area (Å²) in [4.78, 5) is 26.5. The van der Waals surface area contributed by atoms with Gasteiger partial charge < -0.3 is 4.74 Å². The molecule has 0 aliphatic rings. The van der Waals surface area contributed by atoms with Gasteiger partial charge in [0.05, 0.1) is 11.7 Å². The van der Waals surface area contributed by atoms with E-state index in [4.69, 9.17) is 9.88 Å². The standard InChI is InChI=1S/C23H30N2O5S/c1-17(2)15-19-9-11-21(12-10-19)18(3)22(26)25(13-14-31(24,28)29)23(27)30-16-20-7-5-4-6-8-20/h4-12,17-18H,13-16H2,1-3H3,(H2,24,28,29)/t18-/m1/s1. The van der Waals surface area contributed by atoms with E-state index in [1.54, 1.807) is 31.2 Å². The van der Waals surface area contributed by atoms with Crippen molar-refractivity contribution < 1.29 is 22.7 Å². The van der Waals surface area contributed by atoms with Gasteiger partial charge in [-0.1, -0.05) is 68.4 Å². The first-order valence-electron chi connectivity index (χ1n) is 10.2. The highest BCUT2D eigenvalue weighted by Crippen LogP contribution is 2.21. The summed E-state index contributed by atoms with van der Waals surface area (Å²) >= 11 is 0. The third-order valence-corrected chi connectivity index (χ3v) is 5.54. The predicted octanol–water partition coefficient (Wildman–Crippen LogP) is 3.44. The molecule has 168 valence electrons. The maximum Gasteiger partial charge on any atom is 0.416 e. The third-order valence-electron chi connectivity index (χ3n) is 4.79. The zero-order chi connectivity index (χ0) is 23.0. The number of nitrogens with two attached hydrogens (primary N) is 1. The summed E-state index contributed by atoms with van der Waals surface area (Å²) in [5, 5.41) is 5.07. The van der Waals surface area contributed by atoms with Crippen molar-refractivity contribution in [2.24, 2.45) is 11.1 Å². The highest BCUT2D eigenvalue weighted by molar-refractivity contribution is 7.89. The molecule has 2 amide bonds. The van der Waals surface area contributed by atoms with Crippen LogP contribution in [0.2, 0.25) is 0 Å². The number of rotatable bonds is 9. The Balaban J connectivity index is 2.14. The molecule has 0 unspecified atom stereocenters. The Kier molecular flexibility index (Phi) is 8.76. The number of hydrogen-bond donors (Lipinski definition) is 1. The molecule has 0 radical (unpaired) electrons. The Morgan fingerprint density at radius 2 is 1.58 bits per heavy atom. The largest absolute Gasteiger partial charge is 0.444 e. The summed E-state index contributed by atoms with van der Waals surface area (Å²) in [6.45, 7) is 5.53. The lowest BCUT2D eigenvalue weighted by atomic mass is 9.96. The summed E-state index contributed by atoms with van der Waals surface area (Å²) in [5.74, 6) is -1.23. The first-order chi connectivity index (χ1) is 14.6. The van der Waals surface area contributed by atoms with Crippen LogP contribution >= 0.6 is 0 Å². The maximum absolute atomic E-state index is 13.1. The Labute approximate surface area is 184 Å². The molecular weight excluding hydrogens is 416 g/mol. The summed E-state index contributed by atoms with van der Waals surface area (Å²) in [6, 6.07) is 16.6. The van der Waals surface area contributed by atoms with Gasteiger partial charge in [-0.3, -0.25) is 4.79 Å². The van der Waals surface area contributed by atoms with Crippen LogP contribution in [0.25, 0.3) is 0 Å². The van der Waals surface area contributed by atoms with Crippen molar-refractivity contribution in [3.63, 3.8) is 0 Å². The quantitative estimate of drug-likeness (QED) is 0.635. The van der Waals surface area contributed by atoms with Gasteiger partial charge in [0, 0.05) is 6.54 Å². The monoisotopic (exact) mass is 446 g/mol. The number of carbonyl (C=O) groups excluding carboxylic acids is 2. The maximum atomic E-state index is 13.1. The van der Waals surface area contributed by atoms with Gasteiger partial charge in [-0.15, -0.1) is 0 Å². The van der Waals surface area contributed by atoms with Crippen molar-refractivity contribution in [3.05, 3.63) is 71.3 Å². The number of sulfonamides is 1. The van der Waals surface area contributed by atoms with E-state index in [9.17, 15) is 18.0 Å². The Morgan fingerprint density at radius 1 is 0.968 bits per heavy atom. The van der Waals surface area contributed by atoms with Crippen LogP contribution < -0.4 is 5.14 Å². The van der Waals surface area contributed by atoms with Crippen molar-refractivity contribution in [1.29, 1.82) is 0 Å². The van der Waals surface area contributed by atoms with Crippen LogP contribution in [0.3, 0.4) is 0 Å². The van der Waals surface area contributed by atoms with E-state index < -0.39 is 33.7 Å². The Hall–Kier alpha value is -2.71. The molecule has 0 saturated carbocycles. The van der Waals surface area contributed by atoms with Gasteiger partial charge >= 0.3 is 6.09 Å². The fraction of sp³-hybridized carbons (Fsp3) is 0.391. The van der Waals surface area contributed by atoms with Crippen LogP contribution in [0.5, 0.6) is 0 Å². The highest BCUT2D eigenvalue weighted by atomic mass is 32.2. The molecule has 0 spiro atoms. The van der Waals surface area contributed by atoms with Crippen LogP contribution in [-0.4, -0.2) is 37.6 Å². The molecule has 0 bridgehead atoms. The normalized spacial score (nSPS) is 12.4. The topological polar surface area (TPSA) is 107 Å². The molecular formula is C23H30N2O5S. The van der Waals surface area contributed by atoms with E-state index in [0.717, 1.165) is 28.0 Å². The van der Waals surface area contributed by atoms with Gasteiger partial charge in [0.25, 0.3) is 0 Å². The van der Waals surface area contributed by atoms with Gasteiger partial charge in [0.2, 0.25) is 15.9 Å². The highest BCUT2D eigenvalue weighted by Gasteiger charge is 2.29. The zero-order valence-electron chi connectivity index (χ0n) is 18.2. The minimum Gasteiger partial charge on any atom is -0.444 e. The lowest BCUT2D eigenvalue weighted by Crippen LogP contribution is -2.43. The average molecular weight is 447 g/mol. The van der Waals surface area contributed by atoms with Crippen molar-refractivity contribution in [1.82, 2.24) is 4.90 Å². The van der Waals surface area contributed by atoms with E-state index in [1.165, 1.54) is 0 Å². The molecule has 0 aromatic heterocycles. The third kappa shape index (κ3) is 8.15. The fourth-order valence-electron chi connectivity index (χ4n) is 3.10. The molecule has 0 fully saturated rings. The van der Waals surface area contributed by atoms with E-state index in [-0.39, 0.29) is 13.2 Å². The molecule has 2 aromatic rings. The number of imide groups is 1. The van der Waals surface area contributed by atoms with Crippen molar-refractivity contribution in [2.75, 3.05) is 12.3 Å². The SMILES string of the molecule is CC(C)Cc1ccc([C@@H](C)C(=O)N(CCS(N)(=O)=O)C(=O)OCc2ccccc2)cc1. The molecule has 2 aromatic carbocycles. The molecule has 7 nitrogen and oxygen atoms in total. The average Bonchev–Trinajstić information content (AvgIpc) is 2.71. The molecule has 0 aliphatic carbocycles. The van der Waals surface area contributed by atoms with E-state index in [0.29, 0.717) is 5.92 Å². The van der Waals surface area contributed by atoms with Crippen molar-refractivity contribution >= 4 is 22.0 Å². The molecule has 0 heterocycles. The summed E-state index contributed by atoms with van der Waals surface area (Å²) in [6.07, 6.45) is 0.0234. The number of nitrogens with zero attached hydrogens (tertiary/aromatic N) is 1. The molecule has 0 saturated heterocycles. The van der Waals surface area contributed by atoms with Crippen LogP contribution in [0.15, 0.2) is 54.6 Å². The van der Waals surface area contributed by atoms with Gasteiger partial charge in [0.1, 0.15) is 6.61 Å². The van der Waals surface area contributed by atoms with Crippen LogP contribution in [-0.2, 0) is 32.6 Å². The second-order valence-corrected chi connectivity index (χ2v) is 9.69. The Bertz CT molecular complexity index is 973. The van der Waals surface area contributed by atoms with E-state index >= 15 is 0 Å². The number of primary sulfonamides is 1. The van der Waals surface area contributed by atoms with Crippen LogP contribution in [0.1, 0.15) is 43.4 Å². The van der Waals surface area contributed by atoms with Crippen LogP contribution in [0, 0.1) is 5.92 Å². The minimum atomic E-state index is -3.86. The number of hydrogen-bond acceptors (Lipinski definition) is 5. The second-order valence-electron chi connectivity index (χ2n) is 7.96. The first-order valence-corrected chi connectivity index (χ1v) is 11.9. The van der Waals surface area contributed by atoms with E-state index in [2.05, 4.69) is 13.8 Å². The van der Waals surface area contributed by atoms with Gasteiger partial charge in [0.15, 0.2) is 0 Å². The van der Waals surface area contributed by atoms with Crippen molar-refractivity contribution in [3.8, 4) is 0 Å². The smallest absolute Gasteiger partial charge is 0.416 e. The fourth-order valence-corrected chi connectivity index (χ4v) is 3.53. The first kappa shape index (κ1) is 24.6. The lowest BCUT2D eigenvalue weighted by molar-refractivity contribution is -0.130. The predicted molar refractivity (Wildman–Crippen MR) is 120 cm³/mol. The van der Waals surface area contributed by atoms with Gasteiger partial charge in [-0.2, -0.15) is 0 Å². The number of benzene rings is 2. The minimum absolute atomic E-state index is 0.0306. The molecule has 2 N–H and O–H groups in total. The summed E-state index contributed by atoms with van der Waals surface area (Å²) in [5.41, 5.74) is 2.64. The lowest BCUT2D eigenvalue weighted by Gasteiger charge is -2.23. The van der Waals surface area contributed by atoms with E-state index in [1.807, 2.05) is 30.3 Å². The summed E-state index contributed by atoms with van der Waals surface area (Å²) < 4.78 is 28.1. The van der Waals surface area contributed by atoms with Gasteiger partial charge in [-0.25, -0.2) is 23.3 Å². The second kappa shape index (κ2) is 11.1. The zero-order valence-corrected chi connectivity index (χ0v) is 19.0. The molecule has 8 heteroatoms. The number of ether oxygens (including phenoxy) is 1. The Morgan fingerprint density at radius 3 is 2.13 bits per heavy atom. The number of carbonyl (C=O) groups is 2. The number of amides is 2. The summed E-state index contributed by atoms with van der Waals surface area (Å²) in [7, 11) is -3.86.